The molecule has 1 atom stereocenters. The van der Waals surface area contributed by atoms with E-state index in [1.54, 1.807) is 12.1 Å². The maximum Gasteiger partial charge on any atom is 0.123 e. The van der Waals surface area contributed by atoms with E-state index in [2.05, 4.69) is 114 Å². The highest BCUT2D eigenvalue weighted by atomic mass is 32.2. The molecule has 0 amide bonds. The number of benzene rings is 9. The first-order valence-electron chi connectivity index (χ1n) is 16.0. The van der Waals surface area contributed by atoms with E-state index in [1.165, 1.54) is 39.1 Å². The fraction of sp³-hybridized carbons (Fsp3) is 0. The molecule has 0 fully saturated rings. The van der Waals surface area contributed by atoms with Crippen molar-refractivity contribution in [1.82, 2.24) is 0 Å². The maximum atomic E-state index is 14.9. The Hall–Kier alpha value is -5.84. The second-order valence-corrected chi connectivity index (χ2v) is 13.7. The Labute approximate surface area is 278 Å². The summed E-state index contributed by atoms with van der Waals surface area (Å²) in [6.45, 7) is 0. The van der Waals surface area contributed by atoms with Gasteiger partial charge in [0.1, 0.15) is 5.82 Å². The molecular formula is C44H26FNOS. The number of nitrogens with zero attached hydrogens (tertiary/aromatic N) is 1. The van der Waals surface area contributed by atoms with Crippen molar-refractivity contribution in [2.75, 3.05) is 4.90 Å². The molecule has 9 aromatic carbocycles. The fourth-order valence-electron chi connectivity index (χ4n) is 7.82. The van der Waals surface area contributed by atoms with Gasteiger partial charge < -0.3 is 4.90 Å². The van der Waals surface area contributed by atoms with Crippen molar-refractivity contribution in [3.63, 3.8) is 0 Å². The summed E-state index contributed by atoms with van der Waals surface area (Å²) in [5.74, 6) is -0.304. The van der Waals surface area contributed by atoms with Crippen LogP contribution in [0, 0.1) is 5.82 Å². The number of rotatable bonds is 3. The van der Waals surface area contributed by atoms with Crippen LogP contribution in [-0.2, 0) is 10.8 Å². The van der Waals surface area contributed by atoms with E-state index in [4.69, 9.17) is 0 Å². The maximum absolute atomic E-state index is 14.9. The number of halogens is 1. The molecule has 1 aliphatic rings. The summed E-state index contributed by atoms with van der Waals surface area (Å²) in [5.41, 5.74) is 4.50. The van der Waals surface area contributed by atoms with Gasteiger partial charge >= 0.3 is 0 Å². The van der Waals surface area contributed by atoms with Gasteiger partial charge in [0.25, 0.3) is 0 Å². The number of hydrogen-bond donors (Lipinski definition) is 0. The smallest absolute Gasteiger partial charge is 0.123 e. The molecule has 226 valence electrons. The van der Waals surface area contributed by atoms with Crippen LogP contribution in [0.1, 0.15) is 0 Å². The Morgan fingerprint density at radius 1 is 0.417 bits per heavy atom. The Bertz CT molecular complexity index is 2790. The molecule has 1 aliphatic heterocycles. The minimum atomic E-state index is -1.47. The lowest BCUT2D eigenvalue weighted by atomic mass is 9.93. The summed E-state index contributed by atoms with van der Waals surface area (Å²) >= 11 is 0. The van der Waals surface area contributed by atoms with Gasteiger partial charge in [0.2, 0.25) is 0 Å². The first-order valence-corrected chi connectivity index (χ1v) is 17.2. The Kier molecular flexibility index (Phi) is 5.87. The van der Waals surface area contributed by atoms with E-state index in [9.17, 15) is 8.60 Å². The standard InChI is InChI=1S/C44H26FNOS/c45-27-20-22-28(23-21-27)46(29-24-25-36-32-12-2-1-10-30(32)31-11-3-4-15-35(31)40(36)26-29)41-19-9-18-39-42-37-16-7-5-13-33(37)34-14-6-8-17-38(34)44(42)48(47)43(39)41/h1-26H. The minimum absolute atomic E-state index is 0.304. The van der Waals surface area contributed by atoms with Crippen LogP contribution in [0.4, 0.5) is 21.5 Å². The molecule has 0 aromatic heterocycles. The summed E-state index contributed by atoms with van der Waals surface area (Å²) in [5, 5.41) is 11.4. The van der Waals surface area contributed by atoms with Gasteiger partial charge in [-0.2, -0.15) is 0 Å². The van der Waals surface area contributed by atoms with E-state index < -0.39 is 10.8 Å². The van der Waals surface area contributed by atoms with E-state index in [-0.39, 0.29) is 5.82 Å². The van der Waals surface area contributed by atoms with Crippen molar-refractivity contribution in [1.29, 1.82) is 0 Å². The number of hydrogen-bond acceptors (Lipinski definition) is 2. The Balaban J connectivity index is 1.28. The predicted octanol–water partition coefficient (Wildman–Crippen LogP) is 12.2. The zero-order valence-corrected chi connectivity index (χ0v) is 26.5. The van der Waals surface area contributed by atoms with Crippen LogP contribution < -0.4 is 4.90 Å². The van der Waals surface area contributed by atoms with Crippen LogP contribution in [0.15, 0.2) is 168 Å². The lowest BCUT2D eigenvalue weighted by Gasteiger charge is -2.28. The third-order valence-electron chi connectivity index (χ3n) is 9.83. The summed E-state index contributed by atoms with van der Waals surface area (Å²) in [6.07, 6.45) is 0. The molecule has 9 aromatic rings. The van der Waals surface area contributed by atoms with Crippen molar-refractivity contribution in [3.05, 3.63) is 164 Å². The topological polar surface area (TPSA) is 20.3 Å². The molecule has 2 nitrogen and oxygen atoms in total. The Morgan fingerprint density at radius 3 is 1.52 bits per heavy atom. The normalized spacial score (nSPS) is 13.8. The van der Waals surface area contributed by atoms with Crippen molar-refractivity contribution < 1.29 is 8.60 Å². The van der Waals surface area contributed by atoms with E-state index in [1.807, 2.05) is 24.3 Å². The SMILES string of the molecule is O=S1c2c(cccc2N(c2ccc(F)cc2)c2ccc3c4ccccc4c4ccccc4c3c2)-c2c1c1ccccc1c1ccccc21. The summed E-state index contributed by atoms with van der Waals surface area (Å²) < 4.78 is 29.3. The van der Waals surface area contributed by atoms with Gasteiger partial charge in [-0.3, -0.25) is 0 Å². The van der Waals surface area contributed by atoms with Crippen molar-refractivity contribution >= 4 is 81.7 Å². The van der Waals surface area contributed by atoms with E-state index in [0.717, 1.165) is 64.9 Å². The highest BCUT2D eigenvalue weighted by molar-refractivity contribution is 7.86. The predicted molar refractivity (Wildman–Crippen MR) is 199 cm³/mol. The lowest BCUT2D eigenvalue weighted by molar-refractivity contribution is 0.628. The van der Waals surface area contributed by atoms with Crippen LogP contribution in [0.2, 0.25) is 0 Å². The average molecular weight is 636 g/mol. The Morgan fingerprint density at radius 2 is 0.896 bits per heavy atom. The average Bonchev–Trinajstić information content (AvgIpc) is 3.46. The molecule has 10 rings (SSSR count). The lowest BCUT2D eigenvalue weighted by Crippen LogP contribution is -2.12. The molecule has 0 radical (unpaired) electrons. The van der Waals surface area contributed by atoms with E-state index in [0.29, 0.717) is 0 Å². The van der Waals surface area contributed by atoms with Crippen molar-refractivity contribution in [2.45, 2.75) is 9.79 Å². The van der Waals surface area contributed by atoms with E-state index >= 15 is 0 Å². The molecule has 4 heteroatoms. The van der Waals surface area contributed by atoms with Crippen molar-refractivity contribution in [2.24, 2.45) is 0 Å². The largest absolute Gasteiger partial charge is 0.309 e. The monoisotopic (exact) mass is 635 g/mol. The summed E-state index contributed by atoms with van der Waals surface area (Å²) in [7, 11) is -1.47. The van der Waals surface area contributed by atoms with Gasteiger partial charge in [0.05, 0.1) is 26.3 Å². The molecule has 0 N–H and O–H groups in total. The van der Waals surface area contributed by atoms with Gasteiger partial charge in [-0.15, -0.1) is 0 Å². The molecule has 48 heavy (non-hydrogen) atoms. The third-order valence-corrected chi connectivity index (χ3v) is 11.4. The second-order valence-electron chi connectivity index (χ2n) is 12.4. The first kappa shape index (κ1) is 27.3. The summed E-state index contributed by atoms with van der Waals surface area (Å²) in [6, 6.07) is 53.0. The third kappa shape index (κ3) is 3.81. The number of anilines is 3. The van der Waals surface area contributed by atoms with Crippen molar-refractivity contribution in [3.8, 4) is 11.1 Å². The molecule has 0 saturated heterocycles. The van der Waals surface area contributed by atoms with Crippen LogP contribution in [0.3, 0.4) is 0 Å². The van der Waals surface area contributed by atoms with Gasteiger partial charge in [0.15, 0.2) is 0 Å². The number of fused-ring (bicyclic) bond motifs is 14. The van der Waals surface area contributed by atoms with Gasteiger partial charge in [-0.25, -0.2) is 8.60 Å². The van der Waals surface area contributed by atoms with Crippen LogP contribution in [-0.4, -0.2) is 4.21 Å². The molecule has 0 bridgehead atoms. The highest BCUT2D eigenvalue weighted by Gasteiger charge is 2.34. The summed E-state index contributed by atoms with van der Waals surface area (Å²) in [4.78, 5) is 3.75. The first-order chi connectivity index (χ1) is 23.7. The molecule has 0 saturated carbocycles. The molecule has 1 heterocycles. The molecular weight excluding hydrogens is 610 g/mol. The fourth-order valence-corrected chi connectivity index (χ4v) is 9.52. The quantitative estimate of drug-likeness (QED) is 0.180. The molecule has 0 spiro atoms. The van der Waals surface area contributed by atoms with Gasteiger partial charge in [-0.1, -0.05) is 115 Å². The molecule has 0 aliphatic carbocycles. The van der Waals surface area contributed by atoms with Crippen LogP contribution in [0.5, 0.6) is 0 Å². The van der Waals surface area contributed by atoms with Crippen LogP contribution in [0.25, 0.3) is 65.0 Å². The van der Waals surface area contributed by atoms with Gasteiger partial charge in [-0.05, 0) is 96.3 Å². The minimum Gasteiger partial charge on any atom is -0.309 e. The zero-order valence-electron chi connectivity index (χ0n) is 25.7. The highest BCUT2D eigenvalue weighted by Crippen LogP contribution is 2.53. The molecule has 1 unspecified atom stereocenters. The van der Waals surface area contributed by atoms with Crippen LogP contribution >= 0.6 is 0 Å². The van der Waals surface area contributed by atoms with Gasteiger partial charge in [0, 0.05) is 22.5 Å². The zero-order chi connectivity index (χ0) is 31.9. The second kappa shape index (κ2) is 10.3.